The van der Waals surface area contributed by atoms with Crippen LogP contribution in [0.15, 0.2) is 6.07 Å². The highest BCUT2D eigenvalue weighted by Gasteiger charge is 2.16. The van der Waals surface area contributed by atoms with Crippen molar-refractivity contribution in [1.29, 1.82) is 0 Å². The molecule has 1 N–H and O–H groups in total. The molecule has 3 rings (SSSR count). The van der Waals surface area contributed by atoms with Gasteiger partial charge in [0.25, 0.3) is 0 Å². The van der Waals surface area contributed by atoms with Crippen LogP contribution in [0.4, 0.5) is 0 Å². The highest BCUT2D eigenvalue weighted by atomic mass is 35.5. The molecule has 14 heavy (non-hydrogen) atoms. The normalized spacial score (nSPS) is 15.8. The fourth-order valence-electron chi connectivity index (χ4n) is 1.79. The standard InChI is InChI=1S/C9H8ClN3S/c10-8-3-5-6-4-11-2-1-7(6)14-9(5)13-12-8/h3,11H,1-2,4H2. The zero-order valence-corrected chi connectivity index (χ0v) is 8.95. The van der Waals surface area contributed by atoms with E-state index >= 15 is 0 Å². The van der Waals surface area contributed by atoms with E-state index in [1.165, 1.54) is 10.4 Å². The number of thiophene rings is 1. The van der Waals surface area contributed by atoms with Gasteiger partial charge in [-0.1, -0.05) is 11.6 Å². The molecule has 3 heterocycles. The number of hydrogen-bond acceptors (Lipinski definition) is 4. The van der Waals surface area contributed by atoms with Crippen LogP contribution in [0.5, 0.6) is 0 Å². The Balaban J connectivity index is 2.32. The summed E-state index contributed by atoms with van der Waals surface area (Å²) < 4.78 is 0. The van der Waals surface area contributed by atoms with Crippen molar-refractivity contribution in [2.45, 2.75) is 13.0 Å². The zero-order valence-electron chi connectivity index (χ0n) is 7.38. The van der Waals surface area contributed by atoms with Gasteiger partial charge in [0.2, 0.25) is 0 Å². The van der Waals surface area contributed by atoms with E-state index in [4.69, 9.17) is 11.6 Å². The van der Waals surface area contributed by atoms with Crippen LogP contribution >= 0.6 is 22.9 Å². The maximum atomic E-state index is 5.83. The minimum Gasteiger partial charge on any atom is -0.312 e. The predicted octanol–water partition coefficient (Wildman–Crippen LogP) is 1.99. The second-order valence-electron chi connectivity index (χ2n) is 3.32. The van der Waals surface area contributed by atoms with Crippen LogP contribution in [0.2, 0.25) is 5.15 Å². The predicted molar refractivity (Wildman–Crippen MR) is 57.8 cm³/mol. The molecule has 1 aliphatic rings. The van der Waals surface area contributed by atoms with Crippen molar-refractivity contribution in [3.05, 3.63) is 21.7 Å². The maximum Gasteiger partial charge on any atom is 0.152 e. The van der Waals surface area contributed by atoms with Crippen LogP contribution in [0.25, 0.3) is 10.2 Å². The lowest BCUT2D eigenvalue weighted by atomic mass is 10.1. The van der Waals surface area contributed by atoms with Crippen molar-refractivity contribution in [3.8, 4) is 0 Å². The molecular formula is C9H8ClN3S. The minimum absolute atomic E-state index is 0.476. The number of aromatic nitrogens is 2. The summed E-state index contributed by atoms with van der Waals surface area (Å²) in [6, 6.07) is 1.91. The molecule has 0 aromatic carbocycles. The highest BCUT2D eigenvalue weighted by molar-refractivity contribution is 7.18. The van der Waals surface area contributed by atoms with Crippen molar-refractivity contribution >= 4 is 33.2 Å². The number of hydrogen-bond donors (Lipinski definition) is 1. The van der Waals surface area contributed by atoms with Gasteiger partial charge in [-0.05, 0) is 18.1 Å². The van der Waals surface area contributed by atoms with Gasteiger partial charge in [0, 0.05) is 23.4 Å². The Morgan fingerprint density at radius 1 is 1.43 bits per heavy atom. The lowest BCUT2D eigenvalue weighted by Gasteiger charge is -2.11. The summed E-state index contributed by atoms with van der Waals surface area (Å²) in [5.41, 5.74) is 1.35. The molecule has 2 aromatic rings. The van der Waals surface area contributed by atoms with Crippen molar-refractivity contribution in [3.63, 3.8) is 0 Å². The van der Waals surface area contributed by atoms with Crippen LogP contribution in [0.3, 0.4) is 0 Å². The molecule has 0 spiro atoms. The zero-order chi connectivity index (χ0) is 9.54. The van der Waals surface area contributed by atoms with Crippen LogP contribution in [-0.4, -0.2) is 16.7 Å². The summed E-state index contributed by atoms with van der Waals surface area (Å²) in [6.45, 7) is 1.98. The average Bonchev–Trinajstić information content (AvgIpc) is 2.56. The summed E-state index contributed by atoms with van der Waals surface area (Å²) in [5, 5.41) is 12.9. The third-order valence-corrected chi connectivity index (χ3v) is 3.82. The van der Waals surface area contributed by atoms with Gasteiger partial charge in [-0.25, -0.2) is 0 Å². The van der Waals surface area contributed by atoms with Gasteiger partial charge in [0.05, 0.1) is 0 Å². The van der Waals surface area contributed by atoms with Crippen LogP contribution < -0.4 is 5.32 Å². The molecule has 0 unspecified atom stereocenters. The van der Waals surface area contributed by atoms with E-state index in [1.807, 2.05) is 6.07 Å². The fraction of sp³-hybridized carbons (Fsp3) is 0.333. The molecule has 0 fully saturated rings. The molecule has 5 heteroatoms. The number of nitrogens with one attached hydrogen (secondary N) is 1. The van der Waals surface area contributed by atoms with Gasteiger partial charge in [0.1, 0.15) is 4.83 Å². The third-order valence-electron chi connectivity index (χ3n) is 2.44. The van der Waals surface area contributed by atoms with E-state index in [1.54, 1.807) is 11.3 Å². The molecule has 0 radical (unpaired) electrons. The minimum atomic E-state index is 0.476. The van der Waals surface area contributed by atoms with E-state index in [9.17, 15) is 0 Å². The van der Waals surface area contributed by atoms with Crippen molar-refractivity contribution in [2.24, 2.45) is 0 Å². The molecule has 0 amide bonds. The Morgan fingerprint density at radius 2 is 2.36 bits per heavy atom. The lowest BCUT2D eigenvalue weighted by Crippen LogP contribution is -2.22. The Morgan fingerprint density at radius 3 is 3.29 bits per heavy atom. The molecule has 1 aliphatic heterocycles. The summed E-state index contributed by atoms with van der Waals surface area (Å²) in [7, 11) is 0. The topological polar surface area (TPSA) is 37.8 Å². The highest BCUT2D eigenvalue weighted by Crippen LogP contribution is 2.32. The largest absolute Gasteiger partial charge is 0.312 e. The number of nitrogens with zero attached hydrogens (tertiary/aromatic N) is 2. The number of fused-ring (bicyclic) bond motifs is 3. The second kappa shape index (κ2) is 3.15. The van der Waals surface area contributed by atoms with Crippen molar-refractivity contribution in [1.82, 2.24) is 15.5 Å². The van der Waals surface area contributed by atoms with Crippen molar-refractivity contribution in [2.75, 3.05) is 6.54 Å². The first kappa shape index (κ1) is 8.59. The Labute approximate surface area is 90.1 Å². The van der Waals surface area contributed by atoms with E-state index in [-0.39, 0.29) is 0 Å². The molecule has 72 valence electrons. The van der Waals surface area contributed by atoms with Gasteiger partial charge in [0.15, 0.2) is 5.15 Å². The lowest BCUT2D eigenvalue weighted by molar-refractivity contribution is 0.656. The fourth-order valence-corrected chi connectivity index (χ4v) is 3.05. The van der Waals surface area contributed by atoms with Crippen LogP contribution in [0.1, 0.15) is 10.4 Å². The van der Waals surface area contributed by atoms with Gasteiger partial charge in [-0.2, -0.15) is 0 Å². The van der Waals surface area contributed by atoms with E-state index < -0.39 is 0 Å². The molecule has 0 bridgehead atoms. The Kier molecular flexibility index (Phi) is 1.93. The molecular weight excluding hydrogens is 218 g/mol. The van der Waals surface area contributed by atoms with Crippen LogP contribution in [0, 0.1) is 0 Å². The first-order valence-electron chi connectivity index (χ1n) is 4.49. The van der Waals surface area contributed by atoms with Gasteiger partial charge in [-0.3, -0.25) is 0 Å². The van der Waals surface area contributed by atoms with E-state index in [0.717, 1.165) is 29.7 Å². The third kappa shape index (κ3) is 1.22. The van der Waals surface area contributed by atoms with Gasteiger partial charge >= 0.3 is 0 Å². The van der Waals surface area contributed by atoms with E-state index in [0.29, 0.717) is 5.15 Å². The Hall–Kier alpha value is -0.710. The Bertz CT molecular complexity index is 494. The molecule has 3 nitrogen and oxygen atoms in total. The smallest absolute Gasteiger partial charge is 0.152 e. The number of rotatable bonds is 0. The van der Waals surface area contributed by atoms with Crippen LogP contribution in [-0.2, 0) is 13.0 Å². The quantitative estimate of drug-likeness (QED) is 0.745. The monoisotopic (exact) mass is 225 g/mol. The molecule has 0 saturated heterocycles. The molecule has 0 aliphatic carbocycles. The molecule has 2 aromatic heterocycles. The SMILES string of the molecule is Clc1cc2c3c(sc2nn1)CCNC3. The van der Waals surface area contributed by atoms with Crippen molar-refractivity contribution < 1.29 is 0 Å². The molecule has 0 atom stereocenters. The van der Waals surface area contributed by atoms with Gasteiger partial charge < -0.3 is 5.32 Å². The summed E-state index contributed by atoms with van der Waals surface area (Å²) in [6.07, 6.45) is 1.09. The maximum absolute atomic E-state index is 5.83. The summed E-state index contributed by atoms with van der Waals surface area (Å²) in [5.74, 6) is 0. The first-order valence-corrected chi connectivity index (χ1v) is 5.68. The van der Waals surface area contributed by atoms with E-state index in [2.05, 4.69) is 15.5 Å². The second-order valence-corrected chi connectivity index (χ2v) is 4.79. The summed E-state index contributed by atoms with van der Waals surface area (Å²) >= 11 is 7.56. The average molecular weight is 226 g/mol. The summed E-state index contributed by atoms with van der Waals surface area (Å²) in [4.78, 5) is 2.43. The number of halogens is 1. The van der Waals surface area contributed by atoms with Gasteiger partial charge in [-0.15, -0.1) is 21.5 Å². The first-order chi connectivity index (χ1) is 6.84. The molecule has 0 saturated carbocycles.